The Morgan fingerprint density at radius 1 is 1.25 bits per heavy atom. The summed E-state index contributed by atoms with van der Waals surface area (Å²) in [7, 11) is 0. The number of aryl methyl sites for hydroxylation is 2. The highest BCUT2D eigenvalue weighted by molar-refractivity contribution is 8.00. The average Bonchev–Trinajstić information content (AvgIpc) is 2.60. The normalized spacial score (nSPS) is 10.6. The minimum atomic E-state index is 0.526. The third-order valence-electron chi connectivity index (χ3n) is 1.84. The lowest BCUT2D eigenvalue weighted by atomic mass is 10.4. The molecule has 0 fully saturated rings. The third kappa shape index (κ3) is 2.93. The molecule has 0 radical (unpaired) electrons. The molecule has 0 aliphatic carbocycles. The molecule has 6 heteroatoms. The lowest BCUT2D eigenvalue weighted by Crippen LogP contribution is -1.99. The van der Waals surface area contributed by atoms with Gasteiger partial charge in [-0.2, -0.15) is 0 Å². The van der Waals surface area contributed by atoms with Crippen LogP contribution in [0.5, 0.6) is 0 Å². The average molecular weight is 252 g/mol. The highest BCUT2D eigenvalue weighted by Gasteiger charge is 2.04. The number of nitrogens with zero attached hydrogens (tertiary/aromatic N) is 3. The number of hydrogen-bond acceptors (Lipinski definition) is 6. The van der Waals surface area contributed by atoms with Gasteiger partial charge in [-0.1, -0.05) is 11.8 Å². The fraction of sp³-hybridized carbons (Fsp3) is 0.300. The summed E-state index contributed by atoms with van der Waals surface area (Å²) in [5.41, 5.74) is 7.61. The van der Waals surface area contributed by atoms with Gasteiger partial charge >= 0.3 is 0 Å². The quantitative estimate of drug-likeness (QED) is 0.850. The van der Waals surface area contributed by atoms with Crippen molar-refractivity contribution >= 4 is 28.9 Å². The zero-order valence-electron chi connectivity index (χ0n) is 9.10. The Morgan fingerprint density at radius 2 is 2.06 bits per heavy atom. The Hall–Kier alpha value is -1.14. The highest BCUT2D eigenvalue weighted by atomic mass is 32.2. The molecule has 2 heterocycles. The van der Waals surface area contributed by atoms with E-state index in [9.17, 15) is 0 Å². The third-order valence-corrected chi connectivity index (χ3v) is 3.98. The summed E-state index contributed by atoms with van der Waals surface area (Å²) >= 11 is 3.28. The Labute approximate surface area is 102 Å². The zero-order valence-corrected chi connectivity index (χ0v) is 10.7. The van der Waals surface area contributed by atoms with Gasteiger partial charge in [0, 0.05) is 22.8 Å². The Bertz CT molecular complexity index is 475. The fourth-order valence-electron chi connectivity index (χ4n) is 1.25. The molecule has 0 aliphatic heterocycles. The van der Waals surface area contributed by atoms with Crippen molar-refractivity contribution in [2.24, 2.45) is 0 Å². The van der Waals surface area contributed by atoms with Gasteiger partial charge in [0.15, 0.2) is 4.34 Å². The highest BCUT2D eigenvalue weighted by Crippen LogP contribution is 2.25. The van der Waals surface area contributed by atoms with Crippen molar-refractivity contribution in [3.63, 3.8) is 0 Å². The van der Waals surface area contributed by atoms with Crippen LogP contribution in [0.3, 0.4) is 0 Å². The van der Waals surface area contributed by atoms with Crippen molar-refractivity contribution in [2.45, 2.75) is 23.9 Å². The number of thiazole rings is 1. The van der Waals surface area contributed by atoms with Crippen molar-refractivity contribution in [3.05, 3.63) is 28.7 Å². The summed E-state index contributed by atoms with van der Waals surface area (Å²) in [6.45, 7) is 3.90. The van der Waals surface area contributed by atoms with Crippen LogP contribution in [0.1, 0.15) is 17.2 Å². The van der Waals surface area contributed by atoms with Crippen molar-refractivity contribution in [3.8, 4) is 0 Å². The second-order valence-corrected chi connectivity index (χ2v) is 5.47. The van der Waals surface area contributed by atoms with E-state index >= 15 is 0 Å². The van der Waals surface area contributed by atoms with Crippen molar-refractivity contribution in [1.29, 1.82) is 0 Å². The van der Waals surface area contributed by atoms with Crippen LogP contribution in [0.4, 0.5) is 5.82 Å². The summed E-state index contributed by atoms with van der Waals surface area (Å²) < 4.78 is 1.04. The molecule has 0 aromatic carbocycles. The maximum Gasteiger partial charge on any atom is 0.150 e. The van der Waals surface area contributed by atoms with E-state index in [0.29, 0.717) is 11.6 Å². The molecule has 84 valence electrons. The van der Waals surface area contributed by atoms with Crippen LogP contribution in [0.15, 0.2) is 15.8 Å². The van der Waals surface area contributed by atoms with Gasteiger partial charge in [-0.15, -0.1) is 11.3 Å². The van der Waals surface area contributed by atoms with Gasteiger partial charge in [-0.25, -0.2) is 15.0 Å². The van der Waals surface area contributed by atoms with E-state index < -0.39 is 0 Å². The van der Waals surface area contributed by atoms with Gasteiger partial charge in [-0.05, 0) is 13.8 Å². The fourth-order valence-corrected chi connectivity index (χ4v) is 2.95. The Morgan fingerprint density at radius 3 is 2.69 bits per heavy atom. The van der Waals surface area contributed by atoms with E-state index in [1.807, 2.05) is 19.2 Å². The number of thioether (sulfide) groups is 1. The first-order chi connectivity index (χ1) is 7.63. The number of aromatic nitrogens is 3. The van der Waals surface area contributed by atoms with Crippen LogP contribution in [0.25, 0.3) is 0 Å². The van der Waals surface area contributed by atoms with E-state index in [0.717, 1.165) is 21.6 Å². The minimum Gasteiger partial charge on any atom is -0.384 e. The molecule has 0 bridgehead atoms. The first-order valence-electron chi connectivity index (χ1n) is 4.78. The molecule has 2 aromatic heterocycles. The van der Waals surface area contributed by atoms with Crippen molar-refractivity contribution in [1.82, 2.24) is 15.0 Å². The topological polar surface area (TPSA) is 64.7 Å². The largest absolute Gasteiger partial charge is 0.384 e. The van der Waals surface area contributed by atoms with Crippen LogP contribution < -0.4 is 5.73 Å². The van der Waals surface area contributed by atoms with Crippen LogP contribution >= 0.6 is 23.1 Å². The van der Waals surface area contributed by atoms with Gasteiger partial charge in [0.1, 0.15) is 11.6 Å². The number of anilines is 1. The molecular weight excluding hydrogens is 240 g/mol. The Balaban J connectivity index is 2.04. The van der Waals surface area contributed by atoms with Crippen molar-refractivity contribution < 1.29 is 0 Å². The standard InChI is InChI=1S/C10H12N4S2/c1-6-3-8(11)14-9(12-6)5-16-10-13-7(2)4-15-10/h3-4H,5H2,1-2H3,(H2,11,12,14). The van der Waals surface area contributed by atoms with Crippen LogP contribution in [0.2, 0.25) is 0 Å². The van der Waals surface area contributed by atoms with Gasteiger partial charge in [0.05, 0.1) is 5.75 Å². The molecule has 0 spiro atoms. The molecule has 0 unspecified atom stereocenters. The van der Waals surface area contributed by atoms with Gasteiger partial charge in [-0.3, -0.25) is 0 Å². The first kappa shape index (κ1) is 11.3. The summed E-state index contributed by atoms with van der Waals surface area (Å²) in [5.74, 6) is 1.99. The summed E-state index contributed by atoms with van der Waals surface area (Å²) in [6, 6.07) is 1.77. The molecule has 0 amide bonds. The Kier molecular flexibility index (Phi) is 3.40. The molecule has 0 saturated heterocycles. The molecule has 0 aliphatic rings. The molecule has 16 heavy (non-hydrogen) atoms. The molecular formula is C10H12N4S2. The number of rotatable bonds is 3. The summed E-state index contributed by atoms with van der Waals surface area (Å²) in [4.78, 5) is 12.9. The summed E-state index contributed by atoms with van der Waals surface area (Å²) in [6.07, 6.45) is 0. The van der Waals surface area contributed by atoms with Crippen molar-refractivity contribution in [2.75, 3.05) is 5.73 Å². The predicted octanol–water partition coefficient (Wildman–Crippen LogP) is 2.42. The second-order valence-electron chi connectivity index (χ2n) is 3.39. The maximum atomic E-state index is 5.66. The van der Waals surface area contributed by atoms with Gasteiger partial charge in [0.25, 0.3) is 0 Å². The lowest BCUT2D eigenvalue weighted by molar-refractivity contribution is 1.00. The molecule has 2 N–H and O–H groups in total. The number of nitrogen functional groups attached to an aromatic ring is 1. The molecule has 0 atom stereocenters. The smallest absolute Gasteiger partial charge is 0.150 e. The molecule has 4 nitrogen and oxygen atoms in total. The van der Waals surface area contributed by atoms with E-state index in [4.69, 9.17) is 5.73 Å². The first-order valence-corrected chi connectivity index (χ1v) is 6.65. The van der Waals surface area contributed by atoms with E-state index in [-0.39, 0.29) is 0 Å². The van der Waals surface area contributed by atoms with E-state index in [1.54, 1.807) is 29.2 Å². The second kappa shape index (κ2) is 4.80. The molecule has 2 rings (SSSR count). The maximum absolute atomic E-state index is 5.66. The predicted molar refractivity (Wildman–Crippen MR) is 67.6 cm³/mol. The number of hydrogen-bond donors (Lipinski definition) is 1. The van der Waals surface area contributed by atoms with Gasteiger partial charge < -0.3 is 5.73 Å². The SMILES string of the molecule is Cc1cc(N)nc(CSc2nc(C)cs2)n1. The van der Waals surface area contributed by atoms with E-state index in [2.05, 4.69) is 15.0 Å². The van der Waals surface area contributed by atoms with E-state index in [1.165, 1.54) is 0 Å². The van der Waals surface area contributed by atoms with Crippen LogP contribution in [-0.4, -0.2) is 15.0 Å². The summed E-state index contributed by atoms with van der Waals surface area (Å²) in [5, 5.41) is 2.04. The zero-order chi connectivity index (χ0) is 11.5. The molecule has 2 aromatic rings. The van der Waals surface area contributed by atoms with Crippen LogP contribution in [0, 0.1) is 13.8 Å². The lowest BCUT2D eigenvalue weighted by Gasteiger charge is -2.01. The number of nitrogens with two attached hydrogens (primary N) is 1. The molecule has 0 saturated carbocycles. The monoisotopic (exact) mass is 252 g/mol. The van der Waals surface area contributed by atoms with Gasteiger partial charge in [0.2, 0.25) is 0 Å². The van der Waals surface area contributed by atoms with Crippen LogP contribution in [-0.2, 0) is 5.75 Å². The minimum absolute atomic E-state index is 0.526.